The third kappa shape index (κ3) is 5.83. The summed E-state index contributed by atoms with van der Waals surface area (Å²) in [6, 6.07) is -0.0609. The van der Waals surface area contributed by atoms with E-state index in [-0.39, 0.29) is 11.9 Å². The van der Waals surface area contributed by atoms with Crippen molar-refractivity contribution >= 4 is 5.91 Å². The van der Waals surface area contributed by atoms with Gasteiger partial charge in [-0.3, -0.25) is 4.79 Å². The van der Waals surface area contributed by atoms with Gasteiger partial charge in [0.15, 0.2) is 0 Å². The van der Waals surface area contributed by atoms with Crippen LogP contribution in [-0.2, 0) is 9.53 Å². The molecular weight excluding hydrogens is 228 g/mol. The van der Waals surface area contributed by atoms with E-state index in [1.807, 2.05) is 11.8 Å². The molecule has 0 aliphatic carbocycles. The molecule has 106 valence electrons. The highest BCUT2D eigenvalue weighted by Crippen LogP contribution is 2.09. The minimum Gasteiger partial charge on any atom is -0.381 e. The Morgan fingerprint density at radius 2 is 2.00 bits per heavy atom. The lowest BCUT2D eigenvalue weighted by Crippen LogP contribution is -2.47. The molecule has 18 heavy (non-hydrogen) atoms. The Hall–Kier alpha value is -0.610. The number of carbonyl (C=O) groups is 1. The lowest BCUT2D eigenvalue weighted by atomic mass is 10.1. The maximum absolute atomic E-state index is 12.1. The number of ether oxygens (including phenoxy) is 1. The number of likely N-dealkylation sites (tertiary alicyclic amines) is 1. The molecule has 1 aliphatic rings. The zero-order chi connectivity index (χ0) is 13.2. The van der Waals surface area contributed by atoms with Gasteiger partial charge in [-0.1, -0.05) is 6.92 Å². The van der Waals surface area contributed by atoms with Crippen molar-refractivity contribution in [3.63, 3.8) is 0 Å². The van der Waals surface area contributed by atoms with Gasteiger partial charge in [0.25, 0.3) is 0 Å². The van der Waals surface area contributed by atoms with Crippen LogP contribution in [0.25, 0.3) is 0 Å². The summed E-state index contributed by atoms with van der Waals surface area (Å²) in [7, 11) is 0. The Morgan fingerprint density at radius 3 is 2.67 bits per heavy atom. The number of hydrogen-bond acceptors (Lipinski definition) is 3. The summed E-state index contributed by atoms with van der Waals surface area (Å²) in [6.07, 6.45) is 5.61. The summed E-state index contributed by atoms with van der Waals surface area (Å²) in [4.78, 5) is 14.1. The third-order valence-corrected chi connectivity index (χ3v) is 3.30. The second-order valence-electron chi connectivity index (χ2n) is 5.03. The van der Waals surface area contributed by atoms with E-state index in [1.165, 1.54) is 6.42 Å². The van der Waals surface area contributed by atoms with Crippen LogP contribution in [-0.4, -0.2) is 49.7 Å². The quantitative estimate of drug-likeness (QED) is 0.673. The molecule has 0 saturated carbocycles. The molecule has 0 aromatic heterocycles. The van der Waals surface area contributed by atoms with Gasteiger partial charge in [0.05, 0.1) is 6.04 Å². The standard InChI is InChI=1S/C14H28N2O2/c1-3-11-18-12-7-8-15-13(2)14(17)16-9-5-4-6-10-16/h13,15H,3-12H2,1-2H3. The summed E-state index contributed by atoms with van der Waals surface area (Å²) in [5, 5.41) is 3.29. The van der Waals surface area contributed by atoms with Crippen molar-refractivity contribution in [3.8, 4) is 0 Å². The van der Waals surface area contributed by atoms with Gasteiger partial charge < -0.3 is 15.0 Å². The summed E-state index contributed by atoms with van der Waals surface area (Å²) in [6.45, 7) is 8.41. The van der Waals surface area contributed by atoms with Gasteiger partial charge in [0, 0.05) is 26.3 Å². The summed E-state index contributed by atoms with van der Waals surface area (Å²) in [5.74, 6) is 0.254. The Kier molecular flexibility index (Phi) is 8.01. The van der Waals surface area contributed by atoms with Crippen LogP contribution >= 0.6 is 0 Å². The molecule has 1 fully saturated rings. The van der Waals surface area contributed by atoms with Crippen molar-refractivity contribution in [1.82, 2.24) is 10.2 Å². The highest BCUT2D eigenvalue weighted by Gasteiger charge is 2.21. The van der Waals surface area contributed by atoms with Crippen molar-refractivity contribution in [2.24, 2.45) is 0 Å². The lowest BCUT2D eigenvalue weighted by molar-refractivity contribution is -0.133. The lowest BCUT2D eigenvalue weighted by Gasteiger charge is -2.29. The number of carbonyl (C=O) groups excluding carboxylic acids is 1. The number of rotatable bonds is 8. The van der Waals surface area contributed by atoms with E-state index in [9.17, 15) is 4.79 Å². The SMILES string of the molecule is CCCOCCCNC(C)C(=O)N1CCCCC1. The highest BCUT2D eigenvalue weighted by atomic mass is 16.5. The van der Waals surface area contributed by atoms with Crippen LogP contribution in [0.3, 0.4) is 0 Å². The fourth-order valence-corrected chi connectivity index (χ4v) is 2.21. The summed E-state index contributed by atoms with van der Waals surface area (Å²) < 4.78 is 5.41. The zero-order valence-corrected chi connectivity index (χ0v) is 11.9. The molecule has 1 aliphatic heterocycles. The van der Waals surface area contributed by atoms with Crippen molar-refractivity contribution in [2.75, 3.05) is 32.8 Å². The van der Waals surface area contributed by atoms with Gasteiger partial charge >= 0.3 is 0 Å². The highest BCUT2D eigenvalue weighted by molar-refractivity contribution is 5.81. The number of hydrogen-bond donors (Lipinski definition) is 1. The Morgan fingerprint density at radius 1 is 1.28 bits per heavy atom. The maximum atomic E-state index is 12.1. The second kappa shape index (κ2) is 9.34. The van der Waals surface area contributed by atoms with E-state index in [0.717, 1.165) is 58.5 Å². The van der Waals surface area contributed by atoms with E-state index >= 15 is 0 Å². The van der Waals surface area contributed by atoms with Crippen LogP contribution < -0.4 is 5.32 Å². The molecule has 0 spiro atoms. The van der Waals surface area contributed by atoms with Crippen LogP contribution in [0.15, 0.2) is 0 Å². The van der Waals surface area contributed by atoms with Crippen LogP contribution in [0.1, 0.15) is 46.0 Å². The average Bonchev–Trinajstić information content (AvgIpc) is 2.42. The number of nitrogens with zero attached hydrogens (tertiary/aromatic N) is 1. The van der Waals surface area contributed by atoms with Gasteiger partial charge in [-0.25, -0.2) is 0 Å². The molecule has 4 nitrogen and oxygen atoms in total. The molecule has 1 heterocycles. The fourth-order valence-electron chi connectivity index (χ4n) is 2.21. The first-order chi connectivity index (χ1) is 8.75. The number of piperidine rings is 1. The fraction of sp³-hybridized carbons (Fsp3) is 0.929. The van der Waals surface area contributed by atoms with Crippen LogP contribution in [0.4, 0.5) is 0 Å². The molecule has 4 heteroatoms. The monoisotopic (exact) mass is 256 g/mol. The van der Waals surface area contributed by atoms with E-state index in [2.05, 4.69) is 12.2 Å². The maximum Gasteiger partial charge on any atom is 0.239 e. The molecule has 0 bridgehead atoms. The van der Waals surface area contributed by atoms with Gasteiger partial charge in [-0.2, -0.15) is 0 Å². The molecule has 1 saturated heterocycles. The number of nitrogens with one attached hydrogen (secondary N) is 1. The molecular formula is C14H28N2O2. The van der Waals surface area contributed by atoms with Crippen molar-refractivity contribution in [3.05, 3.63) is 0 Å². The van der Waals surface area contributed by atoms with Crippen LogP contribution in [0, 0.1) is 0 Å². The summed E-state index contributed by atoms with van der Waals surface area (Å²) in [5.41, 5.74) is 0. The van der Waals surface area contributed by atoms with Crippen LogP contribution in [0.5, 0.6) is 0 Å². The van der Waals surface area contributed by atoms with Gasteiger partial charge in [0.2, 0.25) is 5.91 Å². The van der Waals surface area contributed by atoms with Gasteiger partial charge in [-0.05, 0) is 45.6 Å². The van der Waals surface area contributed by atoms with Gasteiger partial charge in [0.1, 0.15) is 0 Å². The zero-order valence-electron chi connectivity index (χ0n) is 11.9. The van der Waals surface area contributed by atoms with Crippen molar-refractivity contribution < 1.29 is 9.53 Å². The normalized spacial score (nSPS) is 17.8. The van der Waals surface area contributed by atoms with E-state index in [4.69, 9.17) is 4.74 Å². The van der Waals surface area contributed by atoms with Gasteiger partial charge in [-0.15, -0.1) is 0 Å². The average molecular weight is 256 g/mol. The van der Waals surface area contributed by atoms with E-state index < -0.39 is 0 Å². The predicted molar refractivity (Wildman–Crippen MR) is 73.6 cm³/mol. The molecule has 1 N–H and O–H groups in total. The first kappa shape index (κ1) is 15.4. The van der Waals surface area contributed by atoms with E-state index in [1.54, 1.807) is 0 Å². The summed E-state index contributed by atoms with van der Waals surface area (Å²) >= 11 is 0. The van der Waals surface area contributed by atoms with Crippen LogP contribution in [0.2, 0.25) is 0 Å². The minimum atomic E-state index is -0.0609. The Balaban J connectivity index is 2.07. The molecule has 0 aromatic rings. The Bertz CT molecular complexity index is 228. The predicted octanol–water partition coefficient (Wildman–Crippen LogP) is 1.79. The number of amides is 1. The smallest absolute Gasteiger partial charge is 0.239 e. The molecule has 0 radical (unpaired) electrons. The molecule has 0 aromatic carbocycles. The molecule has 1 amide bonds. The Labute approximate surface area is 111 Å². The molecule has 1 unspecified atom stereocenters. The minimum absolute atomic E-state index is 0.0609. The first-order valence-corrected chi connectivity index (χ1v) is 7.35. The molecule has 1 atom stereocenters. The largest absolute Gasteiger partial charge is 0.381 e. The molecule has 1 rings (SSSR count). The van der Waals surface area contributed by atoms with E-state index in [0.29, 0.717) is 0 Å². The first-order valence-electron chi connectivity index (χ1n) is 7.35. The van der Waals surface area contributed by atoms with Crippen molar-refractivity contribution in [2.45, 2.75) is 52.0 Å². The van der Waals surface area contributed by atoms with Crippen molar-refractivity contribution in [1.29, 1.82) is 0 Å². The topological polar surface area (TPSA) is 41.6 Å². The second-order valence-corrected chi connectivity index (χ2v) is 5.03. The third-order valence-electron chi connectivity index (χ3n) is 3.30.